The van der Waals surface area contributed by atoms with Gasteiger partial charge in [0.15, 0.2) is 9.25 Å². The number of carbonyl (C=O) groups excluding carboxylic acids is 1. The number of hydrazone groups is 1. The van der Waals surface area contributed by atoms with E-state index >= 15 is 0 Å². The molecule has 5 aromatic carbocycles. The highest BCUT2D eigenvalue weighted by Crippen LogP contribution is 2.71. The third-order valence-electron chi connectivity index (χ3n) is 7.68. The van der Waals surface area contributed by atoms with Gasteiger partial charge in [0.1, 0.15) is 0 Å². The molecule has 1 spiro atoms. The van der Waals surface area contributed by atoms with Crippen LogP contribution in [-0.4, -0.2) is 15.8 Å². The van der Waals surface area contributed by atoms with Crippen molar-refractivity contribution in [1.82, 2.24) is 0 Å². The Hall–Kier alpha value is -4.08. The molecule has 7 rings (SSSR count). The third-order valence-corrected chi connectivity index (χ3v) is 11.5. The number of nitrogens with zero attached hydrogens (tertiary/aromatic N) is 3. The molecule has 44 heavy (non-hydrogen) atoms. The molecular formula is C34H21Cl2N3O3S2. The zero-order chi connectivity index (χ0) is 30.5. The molecule has 1 atom stereocenters. The van der Waals surface area contributed by atoms with Crippen LogP contribution in [0, 0.1) is 10.1 Å². The van der Waals surface area contributed by atoms with Gasteiger partial charge in [0.05, 0.1) is 15.4 Å². The molecule has 0 radical (unpaired) electrons. The number of rotatable bonds is 6. The Labute approximate surface area is 271 Å². The summed E-state index contributed by atoms with van der Waals surface area (Å²) in [6.45, 7) is 0. The molecule has 0 fully saturated rings. The van der Waals surface area contributed by atoms with Gasteiger partial charge < -0.3 is 0 Å². The Morgan fingerprint density at radius 1 is 0.727 bits per heavy atom. The minimum atomic E-state index is -0.953. The fraction of sp³-hybridized carbons (Fsp3) is 0.0588. The topological polar surface area (TPSA) is 75.8 Å². The molecule has 0 aromatic heterocycles. The van der Waals surface area contributed by atoms with Crippen molar-refractivity contribution in [1.29, 1.82) is 0 Å². The summed E-state index contributed by atoms with van der Waals surface area (Å²) in [4.78, 5) is 24.9. The van der Waals surface area contributed by atoms with E-state index in [1.807, 2.05) is 83.9 Å². The molecular weight excluding hydrogens is 633 g/mol. The van der Waals surface area contributed by atoms with E-state index in [0.717, 1.165) is 22.3 Å². The Balaban J connectivity index is 1.47. The van der Waals surface area contributed by atoms with Gasteiger partial charge in [-0.15, -0.1) is 0 Å². The Morgan fingerprint density at radius 3 is 1.84 bits per heavy atom. The average Bonchev–Trinajstić information content (AvgIpc) is 3.58. The van der Waals surface area contributed by atoms with Crippen LogP contribution in [0.25, 0.3) is 0 Å². The van der Waals surface area contributed by atoms with Gasteiger partial charge in [-0.1, -0.05) is 126 Å². The summed E-state index contributed by atoms with van der Waals surface area (Å²) in [5.41, 5.74) is 5.07. The predicted octanol–water partition coefficient (Wildman–Crippen LogP) is 9.50. The van der Waals surface area contributed by atoms with Crippen molar-refractivity contribution in [3.05, 3.63) is 175 Å². The summed E-state index contributed by atoms with van der Waals surface area (Å²) in [5.74, 6) is -0.201. The van der Waals surface area contributed by atoms with Crippen LogP contribution in [0.3, 0.4) is 0 Å². The first kappa shape index (κ1) is 28.7. The first-order valence-corrected chi connectivity index (χ1v) is 15.9. The van der Waals surface area contributed by atoms with E-state index in [1.165, 1.54) is 23.9 Å². The van der Waals surface area contributed by atoms with E-state index in [9.17, 15) is 14.9 Å². The fourth-order valence-corrected chi connectivity index (χ4v) is 9.56. The number of benzene rings is 5. The van der Waals surface area contributed by atoms with Gasteiger partial charge in [0.25, 0.3) is 5.69 Å². The second-order valence-corrected chi connectivity index (χ2v) is 13.9. The number of hydrogen-bond donors (Lipinski definition) is 0. The van der Waals surface area contributed by atoms with Crippen molar-refractivity contribution >= 4 is 68.9 Å². The number of fused-ring (bicyclic) bond motifs is 2. The smallest absolute Gasteiger partial charge is 0.269 e. The number of ketones is 1. The van der Waals surface area contributed by atoms with Crippen LogP contribution in [0.15, 0.2) is 132 Å². The quantitative estimate of drug-likeness (QED) is 0.103. The van der Waals surface area contributed by atoms with Gasteiger partial charge >= 0.3 is 0 Å². The molecule has 0 unspecified atom stereocenters. The lowest BCUT2D eigenvalue weighted by Gasteiger charge is -2.37. The summed E-state index contributed by atoms with van der Waals surface area (Å²) in [7, 11) is 0. The van der Waals surface area contributed by atoms with Crippen molar-refractivity contribution in [3.8, 4) is 0 Å². The van der Waals surface area contributed by atoms with Gasteiger partial charge in [-0.25, -0.2) is 5.01 Å². The van der Waals surface area contributed by atoms with Gasteiger partial charge in [-0.3, -0.25) is 14.9 Å². The Morgan fingerprint density at radius 2 is 1.27 bits per heavy atom. The van der Waals surface area contributed by atoms with E-state index < -0.39 is 13.9 Å². The molecule has 0 amide bonds. The van der Waals surface area contributed by atoms with Crippen LogP contribution in [-0.2, 0) is 8.95 Å². The van der Waals surface area contributed by atoms with Crippen LogP contribution in [0.2, 0.25) is 10.0 Å². The number of non-ortho nitro benzene ring substituents is 1. The van der Waals surface area contributed by atoms with Crippen molar-refractivity contribution in [2.75, 3.05) is 5.01 Å². The molecule has 0 aliphatic carbocycles. The van der Waals surface area contributed by atoms with Crippen LogP contribution in [0.1, 0.15) is 32.6 Å². The maximum Gasteiger partial charge on any atom is 0.269 e. The highest BCUT2D eigenvalue weighted by molar-refractivity contribution is 8.27. The zero-order valence-electron chi connectivity index (χ0n) is 22.8. The van der Waals surface area contributed by atoms with Gasteiger partial charge in [-0.05, 0) is 53.1 Å². The maximum atomic E-state index is 13.9. The third kappa shape index (κ3) is 4.61. The highest BCUT2D eigenvalue weighted by Gasteiger charge is 2.61. The number of anilines is 1. The molecule has 0 N–H and O–H groups in total. The second kappa shape index (κ2) is 11.1. The molecule has 0 bridgehead atoms. The van der Waals surface area contributed by atoms with Crippen molar-refractivity contribution in [3.63, 3.8) is 0 Å². The number of thioether (sulfide) groups is 2. The van der Waals surface area contributed by atoms with Gasteiger partial charge in [0.2, 0.25) is 5.78 Å². The largest absolute Gasteiger partial charge is 0.286 e. The number of nitro groups is 1. The second-order valence-electron chi connectivity index (χ2n) is 10.2. The first-order valence-electron chi connectivity index (χ1n) is 13.6. The molecule has 0 saturated heterocycles. The molecule has 2 heterocycles. The average molecular weight is 655 g/mol. The van der Waals surface area contributed by atoms with Crippen LogP contribution in [0.5, 0.6) is 0 Å². The standard InChI is InChI=1S/C34H21Cl2N3O3S2/c35-25-14-10-23(11-15-25)33(24-12-16-26(36)17-13-24)29-8-4-5-9-30(29)34(44-33)38(27-18-20-28(21-19-27)39(41)42)37-32(43-34)31(40)22-6-2-1-3-7-22/h1-21H/t34-/m0/s1. The summed E-state index contributed by atoms with van der Waals surface area (Å²) in [5, 5.41) is 19.8. The molecule has 5 aromatic rings. The molecule has 2 aliphatic heterocycles. The lowest BCUT2D eigenvalue weighted by atomic mass is 9.82. The van der Waals surface area contributed by atoms with Gasteiger partial charge in [0, 0.05) is 33.3 Å². The van der Waals surface area contributed by atoms with Crippen molar-refractivity contribution in [2.24, 2.45) is 5.10 Å². The van der Waals surface area contributed by atoms with E-state index in [4.69, 9.17) is 28.3 Å². The fourth-order valence-electron chi connectivity index (χ4n) is 5.68. The lowest BCUT2D eigenvalue weighted by molar-refractivity contribution is -0.384. The predicted molar refractivity (Wildman–Crippen MR) is 180 cm³/mol. The molecule has 0 saturated carbocycles. The summed E-state index contributed by atoms with van der Waals surface area (Å²) in [6.07, 6.45) is 0. The lowest BCUT2D eigenvalue weighted by Crippen LogP contribution is -2.34. The SMILES string of the molecule is O=C(C1=NN(c2ccc([N+](=O)[O-])cc2)[C@@]2(S1)SC(c1ccc(Cl)cc1)(c1ccc(Cl)cc1)c1ccccc12)c1ccccc1. The van der Waals surface area contributed by atoms with E-state index in [1.54, 1.807) is 36.0 Å². The number of nitro benzene ring substituents is 1. The molecule has 6 nitrogen and oxygen atoms in total. The molecule has 2 aliphatic rings. The molecule has 216 valence electrons. The van der Waals surface area contributed by atoms with Crippen molar-refractivity contribution in [2.45, 2.75) is 8.95 Å². The first-order chi connectivity index (χ1) is 21.3. The monoisotopic (exact) mass is 653 g/mol. The van der Waals surface area contributed by atoms with Gasteiger partial charge in [-0.2, -0.15) is 5.10 Å². The maximum absolute atomic E-state index is 13.9. The number of halogens is 2. The molecule has 10 heteroatoms. The summed E-state index contributed by atoms with van der Waals surface area (Å²) < 4.78 is -1.70. The number of hydrogen-bond acceptors (Lipinski definition) is 7. The van der Waals surface area contributed by atoms with E-state index in [0.29, 0.717) is 26.3 Å². The van der Waals surface area contributed by atoms with Crippen LogP contribution < -0.4 is 5.01 Å². The number of carbonyl (C=O) groups is 1. The van der Waals surface area contributed by atoms with E-state index in [-0.39, 0.29) is 11.5 Å². The highest BCUT2D eigenvalue weighted by atomic mass is 35.5. The minimum Gasteiger partial charge on any atom is -0.286 e. The zero-order valence-corrected chi connectivity index (χ0v) is 25.9. The Bertz CT molecular complexity index is 1890. The van der Waals surface area contributed by atoms with Crippen molar-refractivity contribution < 1.29 is 9.72 Å². The minimum absolute atomic E-state index is 0.0321. The number of Topliss-reactive ketones (excluding diaryl/α,β-unsaturated/α-hetero) is 1. The van der Waals surface area contributed by atoms with E-state index in [2.05, 4.69) is 12.1 Å². The summed E-state index contributed by atoms with van der Waals surface area (Å²) >= 11 is 15.8. The van der Waals surface area contributed by atoms with Crippen LogP contribution >= 0.6 is 46.7 Å². The normalized spacial score (nSPS) is 18.2. The summed E-state index contributed by atoms with van der Waals surface area (Å²) in [6, 6.07) is 39.0. The van der Waals surface area contributed by atoms with Crippen LogP contribution in [0.4, 0.5) is 11.4 Å². The Kier molecular flexibility index (Phi) is 7.25.